The molecule has 4 aromatic rings. The summed E-state index contributed by atoms with van der Waals surface area (Å²) in [5, 5.41) is 9.09. The van der Waals surface area contributed by atoms with Crippen LogP contribution in [0.2, 0.25) is 0 Å². The molecule has 1 saturated heterocycles. The van der Waals surface area contributed by atoms with Crippen molar-refractivity contribution in [1.82, 2.24) is 19.9 Å². The van der Waals surface area contributed by atoms with Gasteiger partial charge in [-0.05, 0) is 56.2 Å². The molecule has 3 heterocycles. The van der Waals surface area contributed by atoms with Crippen LogP contribution in [-0.2, 0) is 0 Å². The van der Waals surface area contributed by atoms with Crippen LogP contribution in [0.1, 0.15) is 46.5 Å². The smallest absolute Gasteiger partial charge is 0.137 e. The molecule has 1 aliphatic rings. The zero-order chi connectivity index (χ0) is 25.6. The summed E-state index contributed by atoms with van der Waals surface area (Å²) in [6.07, 6.45) is 7.91. The molecule has 1 atom stereocenters. The molecule has 2 N–H and O–H groups in total. The maximum Gasteiger partial charge on any atom is 0.137 e. The third-order valence-electron chi connectivity index (χ3n) is 7.21. The number of unbranched alkanes of at least 4 members (excludes halogenated alkanes) is 2. The molecule has 0 amide bonds. The fourth-order valence-corrected chi connectivity index (χ4v) is 5.09. The number of benzene rings is 2. The highest BCUT2D eigenvalue weighted by Crippen LogP contribution is 2.30. The minimum absolute atomic E-state index is 0.363. The van der Waals surface area contributed by atoms with Gasteiger partial charge in [-0.2, -0.15) is 0 Å². The fraction of sp³-hybridized carbons (Fsp3) is 0.448. The highest BCUT2D eigenvalue weighted by molar-refractivity contribution is 5.92. The van der Waals surface area contributed by atoms with Gasteiger partial charge in [0.2, 0.25) is 0 Å². The Morgan fingerprint density at radius 1 is 0.757 bits per heavy atom. The van der Waals surface area contributed by atoms with Crippen molar-refractivity contribution >= 4 is 44.8 Å². The number of piperazine rings is 1. The number of anilines is 4. The van der Waals surface area contributed by atoms with Gasteiger partial charge in [-0.15, -0.1) is 0 Å². The van der Waals surface area contributed by atoms with Crippen molar-refractivity contribution in [3.05, 3.63) is 49.1 Å². The number of hydrogen-bond donors (Lipinski definition) is 2. The molecule has 2 aromatic heterocycles. The van der Waals surface area contributed by atoms with Crippen molar-refractivity contribution in [3.8, 4) is 0 Å². The second-order valence-corrected chi connectivity index (χ2v) is 9.90. The van der Waals surface area contributed by atoms with Gasteiger partial charge in [0, 0.05) is 60.9 Å². The van der Waals surface area contributed by atoms with Crippen LogP contribution in [0.3, 0.4) is 0 Å². The minimum Gasteiger partial charge on any atom is -0.369 e. The van der Waals surface area contributed by atoms with E-state index in [0.29, 0.717) is 6.04 Å². The molecular formula is C29H38N8. The van der Waals surface area contributed by atoms with Crippen molar-refractivity contribution in [3.63, 3.8) is 0 Å². The second-order valence-electron chi connectivity index (χ2n) is 9.90. The van der Waals surface area contributed by atoms with E-state index in [-0.39, 0.29) is 0 Å². The predicted molar refractivity (Wildman–Crippen MR) is 155 cm³/mol. The Morgan fingerprint density at radius 3 is 1.89 bits per heavy atom. The Labute approximate surface area is 219 Å². The average Bonchev–Trinajstić information content (AvgIpc) is 2.93. The number of aromatic nitrogens is 4. The molecule has 5 rings (SSSR count). The lowest BCUT2D eigenvalue weighted by Gasteiger charge is -2.42. The lowest BCUT2D eigenvalue weighted by atomic mass is 10.1. The van der Waals surface area contributed by atoms with E-state index in [1.807, 2.05) is 0 Å². The van der Waals surface area contributed by atoms with Gasteiger partial charge in [0.15, 0.2) is 0 Å². The third kappa shape index (κ3) is 5.53. The van der Waals surface area contributed by atoms with Crippen LogP contribution in [0.25, 0.3) is 21.8 Å². The number of nitrogens with one attached hydrogen (secondary N) is 2. The topological polar surface area (TPSA) is 82.1 Å². The minimum atomic E-state index is 0.363. The number of rotatable bonds is 10. The standard InChI is InChI=1S/C29H38N8/c1-4-6-12-30-28-24-10-8-22(16-26(24)32-19-34-28)36-14-15-37(21(3)18-36)23-9-11-25-27(17-23)33-20-35-29(25)31-13-7-5-2/h8-11,16-17,19-21H,4-7,12-15,18H2,1-3H3,(H,30,32,34)(H,31,33,35). The summed E-state index contributed by atoms with van der Waals surface area (Å²) in [6.45, 7) is 11.4. The Balaban J connectivity index is 1.29. The fourth-order valence-electron chi connectivity index (χ4n) is 5.09. The normalized spacial score (nSPS) is 15.9. The zero-order valence-electron chi connectivity index (χ0n) is 22.2. The van der Waals surface area contributed by atoms with Crippen LogP contribution in [0.4, 0.5) is 23.0 Å². The van der Waals surface area contributed by atoms with Crippen LogP contribution in [-0.4, -0.2) is 58.7 Å². The van der Waals surface area contributed by atoms with E-state index in [4.69, 9.17) is 0 Å². The summed E-state index contributed by atoms with van der Waals surface area (Å²) in [7, 11) is 0. The van der Waals surface area contributed by atoms with Gasteiger partial charge in [-0.1, -0.05) is 26.7 Å². The van der Waals surface area contributed by atoms with Gasteiger partial charge in [-0.3, -0.25) is 0 Å². The van der Waals surface area contributed by atoms with Crippen LogP contribution in [0.5, 0.6) is 0 Å². The first-order valence-corrected chi connectivity index (χ1v) is 13.7. The Hall–Kier alpha value is -3.68. The van der Waals surface area contributed by atoms with Gasteiger partial charge in [0.1, 0.15) is 24.3 Å². The molecular weight excluding hydrogens is 460 g/mol. The maximum atomic E-state index is 4.57. The van der Waals surface area contributed by atoms with Crippen molar-refractivity contribution in [1.29, 1.82) is 0 Å². The quantitative estimate of drug-likeness (QED) is 0.269. The molecule has 0 saturated carbocycles. The molecule has 1 unspecified atom stereocenters. The highest BCUT2D eigenvalue weighted by Gasteiger charge is 2.25. The average molecular weight is 499 g/mol. The van der Waals surface area contributed by atoms with Crippen LogP contribution in [0, 0.1) is 0 Å². The van der Waals surface area contributed by atoms with E-state index in [2.05, 4.69) is 97.5 Å². The lowest BCUT2D eigenvalue weighted by Crippen LogP contribution is -2.52. The van der Waals surface area contributed by atoms with E-state index in [1.165, 1.54) is 11.4 Å². The number of fused-ring (bicyclic) bond motifs is 2. The first-order valence-electron chi connectivity index (χ1n) is 13.7. The molecule has 1 aliphatic heterocycles. The molecule has 0 spiro atoms. The SMILES string of the molecule is CCCCNc1ncnc2cc(N3CCN(c4ccc5c(NCCCC)ncnc5c4)C(C)C3)ccc12. The van der Waals surface area contributed by atoms with Gasteiger partial charge >= 0.3 is 0 Å². The summed E-state index contributed by atoms with van der Waals surface area (Å²) in [5.74, 6) is 1.85. The van der Waals surface area contributed by atoms with Gasteiger partial charge in [0.25, 0.3) is 0 Å². The van der Waals surface area contributed by atoms with E-state index >= 15 is 0 Å². The van der Waals surface area contributed by atoms with Gasteiger partial charge < -0.3 is 20.4 Å². The first kappa shape index (κ1) is 25.0. The summed E-state index contributed by atoms with van der Waals surface area (Å²) in [5.41, 5.74) is 4.40. The van der Waals surface area contributed by atoms with Crippen molar-refractivity contribution in [2.75, 3.05) is 53.2 Å². The highest BCUT2D eigenvalue weighted by atomic mass is 15.3. The predicted octanol–water partition coefficient (Wildman–Crippen LogP) is 5.71. The van der Waals surface area contributed by atoms with Crippen molar-refractivity contribution in [2.45, 2.75) is 52.5 Å². The molecule has 0 bridgehead atoms. The Morgan fingerprint density at radius 2 is 1.32 bits per heavy atom. The molecule has 194 valence electrons. The van der Waals surface area contributed by atoms with E-state index in [9.17, 15) is 0 Å². The molecule has 2 aromatic carbocycles. The molecule has 37 heavy (non-hydrogen) atoms. The molecule has 0 aliphatic carbocycles. The van der Waals surface area contributed by atoms with E-state index in [0.717, 1.165) is 91.8 Å². The third-order valence-corrected chi connectivity index (χ3v) is 7.21. The van der Waals surface area contributed by atoms with E-state index < -0.39 is 0 Å². The van der Waals surface area contributed by atoms with Crippen LogP contribution < -0.4 is 20.4 Å². The van der Waals surface area contributed by atoms with Crippen molar-refractivity contribution in [2.24, 2.45) is 0 Å². The number of hydrogen-bond acceptors (Lipinski definition) is 8. The monoisotopic (exact) mass is 498 g/mol. The first-order chi connectivity index (χ1) is 18.2. The molecule has 8 nitrogen and oxygen atoms in total. The lowest BCUT2D eigenvalue weighted by molar-refractivity contribution is 0.551. The molecule has 1 fully saturated rings. The zero-order valence-corrected chi connectivity index (χ0v) is 22.2. The summed E-state index contributed by atoms with van der Waals surface area (Å²) >= 11 is 0. The van der Waals surface area contributed by atoms with Crippen molar-refractivity contribution < 1.29 is 0 Å². The Bertz CT molecular complexity index is 1340. The summed E-state index contributed by atoms with van der Waals surface area (Å²) in [4.78, 5) is 23.0. The summed E-state index contributed by atoms with van der Waals surface area (Å²) < 4.78 is 0. The molecule has 8 heteroatoms. The van der Waals surface area contributed by atoms with Crippen LogP contribution in [0.15, 0.2) is 49.1 Å². The number of nitrogens with zero attached hydrogens (tertiary/aromatic N) is 6. The van der Waals surface area contributed by atoms with Gasteiger partial charge in [0.05, 0.1) is 11.0 Å². The molecule has 0 radical (unpaired) electrons. The van der Waals surface area contributed by atoms with Crippen LogP contribution >= 0.6 is 0 Å². The summed E-state index contributed by atoms with van der Waals surface area (Å²) in [6, 6.07) is 13.5. The Kier molecular flexibility index (Phi) is 7.82. The largest absolute Gasteiger partial charge is 0.369 e. The van der Waals surface area contributed by atoms with Gasteiger partial charge in [-0.25, -0.2) is 19.9 Å². The second kappa shape index (κ2) is 11.6. The van der Waals surface area contributed by atoms with E-state index in [1.54, 1.807) is 12.7 Å². The maximum absolute atomic E-state index is 4.57.